The number of fused-ring (bicyclic) bond motifs is 3. The summed E-state index contributed by atoms with van der Waals surface area (Å²) in [7, 11) is 0. The molecule has 28 heavy (non-hydrogen) atoms. The summed E-state index contributed by atoms with van der Waals surface area (Å²) in [5, 5.41) is 17.2. The predicted molar refractivity (Wildman–Crippen MR) is 104 cm³/mol. The number of rotatable bonds is 5. The Morgan fingerprint density at radius 3 is 2.71 bits per heavy atom. The number of nitrogens with one attached hydrogen (secondary N) is 2. The molecular weight excluding hydrogens is 380 g/mol. The molecule has 4 rings (SSSR count). The van der Waals surface area contributed by atoms with Crippen molar-refractivity contribution in [3.8, 4) is 17.0 Å². The van der Waals surface area contributed by atoms with Crippen molar-refractivity contribution in [1.29, 1.82) is 0 Å². The second kappa shape index (κ2) is 7.35. The number of hydrogen-bond acceptors (Lipinski definition) is 6. The van der Waals surface area contributed by atoms with Gasteiger partial charge >= 0.3 is 17.2 Å². The minimum absolute atomic E-state index is 0.209. The minimum atomic E-state index is -1.04. The van der Waals surface area contributed by atoms with Gasteiger partial charge in [-0.25, -0.2) is 4.79 Å². The van der Waals surface area contributed by atoms with Gasteiger partial charge in [0.15, 0.2) is 6.61 Å². The zero-order valence-electron chi connectivity index (χ0n) is 14.9. The highest BCUT2D eigenvalue weighted by atomic mass is 32.2. The number of carboxylic acid groups (broad SMARTS) is 1. The molecule has 3 aromatic rings. The van der Waals surface area contributed by atoms with E-state index < -0.39 is 18.7 Å². The molecule has 0 radical (unpaired) electrons. The lowest BCUT2D eigenvalue weighted by Gasteiger charge is -2.22. The lowest BCUT2D eigenvalue weighted by molar-refractivity contribution is -0.759. The fraction of sp³-hybridized carbons (Fsp3) is 0.158. The molecule has 0 fully saturated rings. The van der Waals surface area contributed by atoms with Crippen molar-refractivity contribution < 1.29 is 19.3 Å². The molecule has 142 valence electrons. The van der Waals surface area contributed by atoms with Crippen LogP contribution >= 0.6 is 11.8 Å². The third-order valence-electron chi connectivity index (χ3n) is 4.33. The van der Waals surface area contributed by atoms with Crippen molar-refractivity contribution in [3.05, 3.63) is 64.4 Å². The highest BCUT2D eigenvalue weighted by Gasteiger charge is 2.37. The maximum atomic E-state index is 12.8. The number of para-hydroxylation sites is 1. The molecule has 1 aromatic heterocycles. The SMILES string of the molecule is CSc1n[n+]2c(c(=O)[nH]1)-c1ccccc1N[C@@H]2c1ccc(OCC(=O)O)cc1. The van der Waals surface area contributed by atoms with Gasteiger partial charge in [0.25, 0.3) is 6.17 Å². The van der Waals surface area contributed by atoms with Gasteiger partial charge in [-0.1, -0.05) is 23.9 Å². The van der Waals surface area contributed by atoms with E-state index in [0.29, 0.717) is 16.6 Å². The van der Waals surface area contributed by atoms with Gasteiger partial charge in [-0.15, -0.1) is 0 Å². The molecular formula is C19H17N4O4S+. The number of carboxylic acids is 1. The topological polar surface area (TPSA) is 108 Å². The number of carbonyl (C=O) groups is 1. The number of benzene rings is 2. The summed E-state index contributed by atoms with van der Waals surface area (Å²) in [5.41, 5.74) is 2.74. The standard InChI is InChI=1S/C19H16N4O4S/c1-28-19-21-18(26)16-13-4-2-3-5-14(13)20-17(23(16)22-19)11-6-8-12(9-7-11)27-10-15(24)25/h2-9,17H,10H2,1H3,(H2,21,22,24,25,26)/p+1/t17-/m0/s1. The molecule has 2 heterocycles. The highest BCUT2D eigenvalue weighted by molar-refractivity contribution is 7.98. The molecule has 0 amide bonds. The summed E-state index contributed by atoms with van der Waals surface area (Å²) in [6, 6.07) is 14.6. The van der Waals surface area contributed by atoms with E-state index in [4.69, 9.17) is 9.84 Å². The minimum Gasteiger partial charge on any atom is -0.482 e. The van der Waals surface area contributed by atoms with E-state index in [-0.39, 0.29) is 5.56 Å². The van der Waals surface area contributed by atoms with Gasteiger partial charge in [0.2, 0.25) is 5.16 Å². The lowest BCUT2D eigenvalue weighted by atomic mass is 10.0. The molecule has 0 unspecified atom stereocenters. The van der Waals surface area contributed by atoms with Crippen LogP contribution in [0.4, 0.5) is 5.69 Å². The zero-order chi connectivity index (χ0) is 19.7. The summed E-state index contributed by atoms with van der Waals surface area (Å²) < 4.78 is 6.87. The average molecular weight is 397 g/mol. The number of aromatic amines is 1. The van der Waals surface area contributed by atoms with Crippen LogP contribution in [0, 0.1) is 0 Å². The summed E-state index contributed by atoms with van der Waals surface area (Å²) in [5.74, 6) is -0.580. The first-order chi connectivity index (χ1) is 13.6. The lowest BCUT2D eigenvalue weighted by Crippen LogP contribution is -2.55. The van der Waals surface area contributed by atoms with Crippen molar-refractivity contribution in [3.63, 3.8) is 0 Å². The Labute approximate surface area is 164 Å². The maximum Gasteiger partial charge on any atom is 0.341 e. The first kappa shape index (κ1) is 18.1. The van der Waals surface area contributed by atoms with Crippen LogP contribution in [0.25, 0.3) is 11.3 Å². The smallest absolute Gasteiger partial charge is 0.341 e. The first-order valence-corrected chi connectivity index (χ1v) is 9.70. The van der Waals surface area contributed by atoms with Gasteiger partial charge in [-0.3, -0.25) is 9.78 Å². The largest absolute Gasteiger partial charge is 0.482 e. The number of anilines is 1. The number of aromatic nitrogens is 3. The molecule has 0 aliphatic carbocycles. The predicted octanol–water partition coefficient (Wildman–Crippen LogP) is 1.88. The van der Waals surface area contributed by atoms with Gasteiger partial charge < -0.3 is 15.2 Å². The van der Waals surface area contributed by atoms with Crippen LogP contribution in [0.3, 0.4) is 0 Å². The van der Waals surface area contributed by atoms with Gasteiger partial charge in [0.1, 0.15) is 5.75 Å². The van der Waals surface area contributed by atoms with E-state index in [1.165, 1.54) is 11.8 Å². The summed E-state index contributed by atoms with van der Waals surface area (Å²) >= 11 is 1.36. The third-order valence-corrected chi connectivity index (χ3v) is 4.90. The maximum absolute atomic E-state index is 12.8. The second-order valence-corrected chi connectivity index (χ2v) is 6.90. The Morgan fingerprint density at radius 1 is 1.25 bits per heavy atom. The molecule has 9 heteroatoms. The van der Waals surface area contributed by atoms with Crippen LogP contribution in [0.15, 0.2) is 58.5 Å². The molecule has 1 aliphatic rings. The van der Waals surface area contributed by atoms with E-state index in [2.05, 4.69) is 15.4 Å². The van der Waals surface area contributed by atoms with Crippen LogP contribution in [0.1, 0.15) is 11.7 Å². The molecule has 3 N–H and O–H groups in total. The second-order valence-electron chi connectivity index (χ2n) is 6.10. The Bertz CT molecular complexity index is 1100. The highest BCUT2D eigenvalue weighted by Crippen LogP contribution is 2.31. The molecule has 0 saturated heterocycles. The Balaban J connectivity index is 1.78. The number of aliphatic carboxylic acids is 1. The molecule has 8 nitrogen and oxygen atoms in total. The zero-order valence-corrected chi connectivity index (χ0v) is 15.7. The van der Waals surface area contributed by atoms with Crippen LogP contribution in [-0.2, 0) is 4.79 Å². The third kappa shape index (κ3) is 3.31. The van der Waals surface area contributed by atoms with Crippen molar-refractivity contribution in [2.45, 2.75) is 11.3 Å². The van der Waals surface area contributed by atoms with Gasteiger partial charge in [0.05, 0.1) is 11.3 Å². The van der Waals surface area contributed by atoms with E-state index >= 15 is 0 Å². The summed E-state index contributed by atoms with van der Waals surface area (Å²) in [6.45, 7) is -0.403. The van der Waals surface area contributed by atoms with E-state index in [1.54, 1.807) is 16.8 Å². The van der Waals surface area contributed by atoms with E-state index in [1.807, 2.05) is 42.7 Å². The molecule has 1 atom stereocenters. The normalized spacial score (nSPS) is 14.5. The van der Waals surface area contributed by atoms with Crippen LogP contribution < -0.4 is 20.3 Å². The fourth-order valence-electron chi connectivity index (χ4n) is 3.10. The Morgan fingerprint density at radius 2 is 2.00 bits per heavy atom. The van der Waals surface area contributed by atoms with Crippen molar-refractivity contribution >= 4 is 23.4 Å². The quantitative estimate of drug-likeness (QED) is 0.446. The van der Waals surface area contributed by atoms with Crippen LogP contribution in [0.2, 0.25) is 0 Å². The average Bonchev–Trinajstić information content (AvgIpc) is 2.71. The molecule has 0 bridgehead atoms. The molecule has 0 spiro atoms. The van der Waals surface area contributed by atoms with Crippen LogP contribution in [-0.4, -0.2) is 34.0 Å². The first-order valence-electron chi connectivity index (χ1n) is 8.47. The number of nitrogens with zero attached hydrogens (tertiary/aromatic N) is 2. The number of H-pyrrole nitrogens is 1. The van der Waals surface area contributed by atoms with Crippen molar-refractivity contribution in [1.82, 2.24) is 10.1 Å². The number of thioether (sulfide) groups is 1. The fourth-order valence-corrected chi connectivity index (χ4v) is 3.46. The number of ether oxygens (including phenoxy) is 1. The molecule has 2 aromatic carbocycles. The van der Waals surface area contributed by atoms with Gasteiger partial charge in [-0.2, -0.15) is 0 Å². The Kier molecular flexibility index (Phi) is 4.74. The van der Waals surface area contributed by atoms with E-state index in [9.17, 15) is 9.59 Å². The number of hydrogen-bond donors (Lipinski definition) is 3. The molecule has 1 aliphatic heterocycles. The van der Waals surface area contributed by atoms with Crippen molar-refractivity contribution in [2.75, 3.05) is 18.2 Å². The Hall–Kier alpha value is -3.33. The summed E-state index contributed by atoms with van der Waals surface area (Å²) in [6.07, 6.45) is 1.45. The van der Waals surface area contributed by atoms with E-state index in [0.717, 1.165) is 16.8 Å². The summed E-state index contributed by atoms with van der Waals surface area (Å²) in [4.78, 5) is 26.2. The monoisotopic (exact) mass is 397 g/mol. The molecule has 0 saturated carbocycles. The van der Waals surface area contributed by atoms with Crippen molar-refractivity contribution in [2.24, 2.45) is 0 Å². The van der Waals surface area contributed by atoms with Gasteiger partial charge in [0, 0.05) is 10.7 Å². The van der Waals surface area contributed by atoms with Gasteiger partial charge in [-0.05, 0) is 47.3 Å². The van der Waals surface area contributed by atoms with Crippen LogP contribution in [0.5, 0.6) is 5.75 Å².